The van der Waals surface area contributed by atoms with E-state index in [1.54, 1.807) is 6.08 Å². The van der Waals surface area contributed by atoms with Gasteiger partial charge in [0.05, 0.1) is 22.4 Å². The molecule has 1 fully saturated rings. The molecule has 0 radical (unpaired) electrons. The number of imidazole rings is 1. The first-order chi connectivity index (χ1) is 16.0. The normalized spacial score (nSPS) is 15.0. The number of benzene rings is 2. The van der Waals surface area contributed by atoms with Crippen LogP contribution >= 0.6 is 0 Å². The van der Waals surface area contributed by atoms with E-state index in [0.717, 1.165) is 46.5 Å². The molecule has 1 amide bonds. The molecule has 0 aliphatic carbocycles. The third kappa shape index (κ3) is 3.91. The van der Waals surface area contributed by atoms with E-state index in [9.17, 15) is 9.59 Å². The molecule has 1 aliphatic heterocycles. The minimum Gasteiger partial charge on any atom is -0.339 e. The number of piperidine rings is 1. The minimum atomic E-state index is -0.0812. The number of aromatic nitrogens is 4. The van der Waals surface area contributed by atoms with Crippen molar-refractivity contribution < 1.29 is 4.79 Å². The van der Waals surface area contributed by atoms with E-state index in [1.807, 2.05) is 88.7 Å². The highest BCUT2D eigenvalue weighted by atomic mass is 16.2. The van der Waals surface area contributed by atoms with Gasteiger partial charge in [-0.1, -0.05) is 30.3 Å². The first-order valence-electron chi connectivity index (χ1n) is 11.3. The Balaban J connectivity index is 1.28. The fourth-order valence-corrected chi connectivity index (χ4v) is 4.76. The van der Waals surface area contributed by atoms with Gasteiger partial charge >= 0.3 is 5.69 Å². The van der Waals surface area contributed by atoms with Gasteiger partial charge in [0.15, 0.2) is 0 Å². The van der Waals surface area contributed by atoms with Crippen molar-refractivity contribution in [1.82, 2.24) is 24.2 Å². The summed E-state index contributed by atoms with van der Waals surface area (Å²) in [4.78, 5) is 30.2. The van der Waals surface area contributed by atoms with Gasteiger partial charge in [0.2, 0.25) is 5.91 Å². The van der Waals surface area contributed by atoms with E-state index in [-0.39, 0.29) is 17.6 Å². The average molecular weight is 442 g/mol. The molecule has 5 rings (SSSR count). The fourth-order valence-electron chi connectivity index (χ4n) is 4.76. The molecule has 0 atom stereocenters. The van der Waals surface area contributed by atoms with E-state index in [1.165, 1.54) is 0 Å². The maximum Gasteiger partial charge on any atom is 0.326 e. The Hall–Kier alpha value is -3.87. The number of hydrogen-bond acceptors (Lipinski definition) is 3. The Morgan fingerprint density at radius 2 is 1.73 bits per heavy atom. The number of nitrogens with one attached hydrogen (secondary N) is 1. The van der Waals surface area contributed by atoms with Gasteiger partial charge in [0.25, 0.3) is 0 Å². The minimum absolute atomic E-state index is 0.00835. The summed E-state index contributed by atoms with van der Waals surface area (Å²) in [7, 11) is 0. The summed E-state index contributed by atoms with van der Waals surface area (Å²) in [5.74, 6) is -0.00835. The second-order valence-corrected chi connectivity index (χ2v) is 8.54. The molecule has 2 aromatic carbocycles. The summed E-state index contributed by atoms with van der Waals surface area (Å²) in [6.07, 6.45) is 5.02. The van der Waals surface area contributed by atoms with Gasteiger partial charge in [-0.25, -0.2) is 9.48 Å². The second kappa shape index (κ2) is 8.58. The molecular formula is C26H27N5O2. The van der Waals surface area contributed by atoms with Crippen molar-refractivity contribution in [2.75, 3.05) is 13.1 Å². The molecule has 7 nitrogen and oxygen atoms in total. The lowest BCUT2D eigenvalue weighted by molar-refractivity contribution is -0.127. The monoisotopic (exact) mass is 441 g/mol. The summed E-state index contributed by atoms with van der Waals surface area (Å²) in [6.45, 7) is 5.23. The molecule has 4 aromatic rings. The smallest absolute Gasteiger partial charge is 0.326 e. The Labute approximate surface area is 192 Å². The van der Waals surface area contributed by atoms with Gasteiger partial charge in [-0.05, 0) is 57.0 Å². The number of aryl methyl sites for hydroxylation is 1. The molecule has 7 heteroatoms. The number of aromatic amines is 1. The van der Waals surface area contributed by atoms with Crippen LogP contribution < -0.4 is 5.69 Å². The molecule has 3 heterocycles. The quantitative estimate of drug-likeness (QED) is 0.486. The van der Waals surface area contributed by atoms with Crippen molar-refractivity contribution in [3.8, 4) is 5.69 Å². The zero-order valence-electron chi connectivity index (χ0n) is 18.9. The zero-order chi connectivity index (χ0) is 22.9. The topological polar surface area (TPSA) is 75.9 Å². The molecule has 0 unspecified atom stereocenters. The maximum absolute atomic E-state index is 12.9. The molecule has 0 saturated carbocycles. The number of carbonyl (C=O) groups excluding carboxylic acids is 1. The van der Waals surface area contributed by atoms with E-state index in [0.29, 0.717) is 13.1 Å². The van der Waals surface area contributed by atoms with Crippen LogP contribution in [0.2, 0.25) is 0 Å². The molecule has 0 bridgehead atoms. The summed E-state index contributed by atoms with van der Waals surface area (Å²) in [5.41, 5.74) is 5.55. The summed E-state index contributed by atoms with van der Waals surface area (Å²) < 4.78 is 3.75. The SMILES string of the molecule is Cc1nn(-c2ccccc2)c(C)c1C=CC(=O)N1CCC(n2c(=O)[nH]c3ccccc32)CC1. The van der Waals surface area contributed by atoms with Crippen LogP contribution in [-0.2, 0) is 4.79 Å². The van der Waals surface area contributed by atoms with Crippen molar-refractivity contribution >= 4 is 23.0 Å². The number of rotatable bonds is 4. The molecule has 1 N–H and O–H groups in total. The summed E-state index contributed by atoms with van der Waals surface area (Å²) in [5, 5.41) is 4.65. The lowest BCUT2D eigenvalue weighted by atomic mass is 10.0. The van der Waals surface area contributed by atoms with Crippen molar-refractivity contribution in [2.45, 2.75) is 32.7 Å². The molecule has 0 spiro atoms. The van der Waals surface area contributed by atoms with Crippen LogP contribution in [0.4, 0.5) is 0 Å². The predicted molar refractivity (Wildman–Crippen MR) is 129 cm³/mol. The zero-order valence-corrected chi connectivity index (χ0v) is 18.9. The van der Waals surface area contributed by atoms with E-state index >= 15 is 0 Å². The van der Waals surface area contributed by atoms with Gasteiger partial charge in [-0.15, -0.1) is 0 Å². The highest BCUT2D eigenvalue weighted by Crippen LogP contribution is 2.25. The Morgan fingerprint density at radius 3 is 2.48 bits per heavy atom. The average Bonchev–Trinajstić information content (AvgIpc) is 3.33. The number of likely N-dealkylation sites (tertiary alicyclic amines) is 1. The van der Waals surface area contributed by atoms with E-state index < -0.39 is 0 Å². The number of para-hydroxylation sites is 3. The number of nitrogens with zero attached hydrogens (tertiary/aromatic N) is 4. The van der Waals surface area contributed by atoms with Crippen LogP contribution in [0.3, 0.4) is 0 Å². The number of carbonyl (C=O) groups is 1. The van der Waals surface area contributed by atoms with Crippen LogP contribution in [0, 0.1) is 13.8 Å². The lowest BCUT2D eigenvalue weighted by Crippen LogP contribution is -2.39. The number of hydrogen-bond donors (Lipinski definition) is 1. The first kappa shape index (κ1) is 21.0. The molecule has 33 heavy (non-hydrogen) atoms. The largest absolute Gasteiger partial charge is 0.339 e. The third-order valence-electron chi connectivity index (χ3n) is 6.51. The van der Waals surface area contributed by atoms with Crippen LogP contribution in [0.5, 0.6) is 0 Å². The number of amides is 1. The number of H-pyrrole nitrogens is 1. The van der Waals surface area contributed by atoms with Crippen molar-refractivity contribution in [3.63, 3.8) is 0 Å². The molecule has 168 valence electrons. The molecule has 1 saturated heterocycles. The Bertz CT molecular complexity index is 1390. The summed E-state index contributed by atoms with van der Waals surface area (Å²) >= 11 is 0. The Morgan fingerprint density at radius 1 is 1.03 bits per heavy atom. The highest BCUT2D eigenvalue weighted by molar-refractivity contribution is 5.92. The Kier molecular flexibility index (Phi) is 5.46. The van der Waals surface area contributed by atoms with Gasteiger partial charge < -0.3 is 9.88 Å². The van der Waals surface area contributed by atoms with Crippen LogP contribution in [0.1, 0.15) is 35.8 Å². The van der Waals surface area contributed by atoms with Crippen LogP contribution in [-0.4, -0.2) is 43.2 Å². The molecule has 1 aliphatic rings. The standard InChI is InChI=1S/C26H27N5O2/c1-18-22(19(2)31(28-18)21-8-4-3-5-9-21)12-13-25(32)29-16-14-20(15-17-29)30-24-11-7-6-10-23(24)27-26(30)33/h3-13,20H,14-17H2,1-2H3,(H,27,33). The van der Waals surface area contributed by atoms with Crippen molar-refractivity contribution in [3.05, 3.63) is 88.1 Å². The van der Waals surface area contributed by atoms with E-state index in [4.69, 9.17) is 0 Å². The van der Waals surface area contributed by atoms with Crippen LogP contribution in [0.25, 0.3) is 22.8 Å². The number of fused-ring (bicyclic) bond motifs is 1. The van der Waals surface area contributed by atoms with Crippen molar-refractivity contribution in [1.29, 1.82) is 0 Å². The fraction of sp³-hybridized carbons (Fsp3) is 0.269. The van der Waals surface area contributed by atoms with Gasteiger partial charge in [-0.2, -0.15) is 5.10 Å². The van der Waals surface area contributed by atoms with E-state index in [2.05, 4.69) is 10.1 Å². The predicted octanol–water partition coefficient (Wildman–Crippen LogP) is 4.01. The second-order valence-electron chi connectivity index (χ2n) is 8.54. The maximum atomic E-state index is 12.9. The van der Waals surface area contributed by atoms with Gasteiger partial charge in [0.1, 0.15) is 0 Å². The van der Waals surface area contributed by atoms with Crippen LogP contribution in [0.15, 0.2) is 65.5 Å². The van der Waals surface area contributed by atoms with Gasteiger partial charge in [0, 0.05) is 36.5 Å². The molecule has 2 aromatic heterocycles. The summed E-state index contributed by atoms with van der Waals surface area (Å²) in [6, 6.07) is 17.8. The van der Waals surface area contributed by atoms with Gasteiger partial charge in [-0.3, -0.25) is 9.36 Å². The highest BCUT2D eigenvalue weighted by Gasteiger charge is 2.25. The molecular weight excluding hydrogens is 414 g/mol. The van der Waals surface area contributed by atoms with Crippen molar-refractivity contribution in [2.24, 2.45) is 0 Å². The third-order valence-corrected chi connectivity index (χ3v) is 6.51. The lowest BCUT2D eigenvalue weighted by Gasteiger charge is -2.32. The first-order valence-corrected chi connectivity index (χ1v) is 11.3.